The predicted molar refractivity (Wildman–Crippen MR) is 54.2 cm³/mol. The minimum Gasteiger partial charge on any atom is -0.296 e. The van der Waals surface area contributed by atoms with Gasteiger partial charge >= 0.3 is 0 Å². The lowest BCUT2D eigenvalue weighted by atomic mass is 9.92. The zero-order chi connectivity index (χ0) is 9.57. The molecular weight excluding hydrogens is 160 g/mol. The summed E-state index contributed by atoms with van der Waals surface area (Å²) in [5.74, 6) is 0. The van der Waals surface area contributed by atoms with E-state index < -0.39 is 0 Å². The third-order valence-corrected chi connectivity index (χ3v) is 2.76. The van der Waals surface area contributed by atoms with E-state index in [-0.39, 0.29) is 5.54 Å². The summed E-state index contributed by atoms with van der Waals surface area (Å²) in [4.78, 5) is 0. The van der Waals surface area contributed by atoms with E-state index in [1.54, 1.807) is 0 Å². The second-order valence-corrected chi connectivity index (χ2v) is 3.78. The van der Waals surface area contributed by atoms with E-state index >= 15 is 0 Å². The fraction of sp³-hybridized carbons (Fsp3) is 0.727. The summed E-state index contributed by atoms with van der Waals surface area (Å²) in [5, 5.41) is 12.4. The van der Waals surface area contributed by atoms with Gasteiger partial charge in [-0.3, -0.25) is 5.32 Å². The number of nitrogens with zero attached hydrogens (tertiary/aromatic N) is 1. The number of hydrogen-bond donors (Lipinski definition) is 1. The van der Waals surface area contributed by atoms with E-state index in [2.05, 4.69) is 18.0 Å². The van der Waals surface area contributed by atoms with E-state index in [1.165, 1.54) is 25.7 Å². The average molecular weight is 178 g/mol. The summed E-state index contributed by atoms with van der Waals surface area (Å²) >= 11 is 0. The van der Waals surface area contributed by atoms with Crippen LogP contribution in [0.5, 0.6) is 0 Å². The van der Waals surface area contributed by atoms with E-state index in [0.717, 1.165) is 19.4 Å². The Hall–Kier alpha value is -0.810. The predicted octanol–water partition coefficient (Wildman–Crippen LogP) is 2.38. The van der Waals surface area contributed by atoms with Crippen LogP contribution in [0.4, 0.5) is 0 Å². The number of rotatable bonds is 3. The van der Waals surface area contributed by atoms with Gasteiger partial charge in [0, 0.05) is 6.54 Å². The summed E-state index contributed by atoms with van der Waals surface area (Å²) in [6, 6.07) is 2.43. The SMILES string of the molecule is C=CCNC1(C#N)CCCCCC1. The largest absolute Gasteiger partial charge is 0.296 e. The molecular formula is C11H18N2. The molecule has 0 aromatic carbocycles. The molecule has 0 heterocycles. The Kier molecular flexibility index (Phi) is 3.98. The number of hydrogen-bond acceptors (Lipinski definition) is 2. The molecule has 0 saturated heterocycles. The molecule has 13 heavy (non-hydrogen) atoms. The third kappa shape index (κ3) is 2.86. The summed E-state index contributed by atoms with van der Waals surface area (Å²) in [5.41, 5.74) is -0.259. The first kappa shape index (κ1) is 10.3. The maximum absolute atomic E-state index is 9.15. The van der Waals surface area contributed by atoms with Crippen LogP contribution in [0.3, 0.4) is 0 Å². The first-order chi connectivity index (χ1) is 6.33. The van der Waals surface area contributed by atoms with Gasteiger partial charge in [-0.05, 0) is 12.8 Å². The van der Waals surface area contributed by atoms with E-state index in [4.69, 9.17) is 5.26 Å². The second-order valence-electron chi connectivity index (χ2n) is 3.78. The molecule has 0 bridgehead atoms. The minimum absolute atomic E-state index is 0.259. The van der Waals surface area contributed by atoms with Crippen molar-refractivity contribution in [1.29, 1.82) is 5.26 Å². The van der Waals surface area contributed by atoms with Crippen LogP contribution in [-0.2, 0) is 0 Å². The Labute approximate surface area is 80.6 Å². The lowest BCUT2D eigenvalue weighted by Crippen LogP contribution is -2.43. The lowest BCUT2D eigenvalue weighted by Gasteiger charge is -2.25. The van der Waals surface area contributed by atoms with Crippen LogP contribution in [0.25, 0.3) is 0 Å². The summed E-state index contributed by atoms with van der Waals surface area (Å²) < 4.78 is 0. The molecule has 1 saturated carbocycles. The van der Waals surface area contributed by atoms with Crippen LogP contribution >= 0.6 is 0 Å². The average Bonchev–Trinajstić information content (AvgIpc) is 2.41. The van der Waals surface area contributed by atoms with Gasteiger partial charge in [0.1, 0.15) is 5.54 Å². The molecule has 1 N–H and O–H groups in total. The van der Waals surface area contributed by atoms with Gasteiger partial charge in [0.2, 0.25) is 0 Å². The molecule has 0 amide bonds. The summed E-state index contributed by atoms with van der Waals surface area (Å²) in [6.45, 7) is 4.41. The van der Waals surface area contributed by atoms with E-state index in [1.807, 2.05) is 6.08 Å². The molecule has 0 aromatic rings. The molecule has 72 valence electrons. The Balaban J connectivity index is 2.55. The molecule has 2 heteroatoms. The van der Waals surface area contributed by atoms with Gasteiger partial charge in [-0.25, -0.2) is 0 Å². The fourth-order valence-corrected chi connectivity index (χ4v) is 1.93. The van der Waals surface area contributed by atoms with Gasteiger partial charge in [-0.1, -0.05) is 31.8 Å². The molecule has 1 rings (SSSR count). The topological polar surface area (TPSA) is 35.8 Å². The van der Waals surface area contributed by atoms with Crippen molar-refractivity contribution in [3.8, 4) is 6.07 Å². The molecule has 1 fully saturated rings. The lowest BCUT2D eigenvalue weighted by molar-refractivity contribution is 0.382. The fourth-order valence-electron chi connectivity index (χ4n) is 1.93. The second kappa shape index (κ2) is 5.04. The minimum atomic E-state index is -0.259. The van der Waals surface area contributed by atoms with Crippen LogP contribution in [0.1, 0.15) is 38.5 Å². The molecule has 0 aromatic heterocycles. The number of nitrogens with one attached hydrogen (secondary N) is 1. The van der Waals surface area contributed by atoms with Crippen LogP contribution < -0.4 is 5.32 Å². The van der Waals surface area contributed by atoms with Gasteiger partial charge in [0.05, 0.1) is 6.07 Å². The summed E-state index contributed by atoms with van der Waals surface area (Å²) in [6.07, 6.45) is 8.73. The quantitative estimate of drug-likeness (QED) is 0.532. The molecule has 1 aliphatic rings. The third-order valence-electron chi connectivity index (χ3n) is 2.76. The molecule has 0 spiro atoms. The van der Waals surface area contributed by atoms with E-state index in [9.17, 15) is 0 Å². The van der Waals surface area contributed by atoms with Crippen LogP contribution in [0.2, 0.25) is 0 Å². The highest BCUT2D eigenvalue weighted by molar-refractivity contribution is 5.08. The van der Waals surface area contributed by atoms with Crippen LogP contribution in [-0.4, -0.2) is 12.1 Å². The first-order valence-electron chi connectivity index (χ1n) is 5.10. The van der Waals surface area contributed by atoms with Crippen molar-refractivity contribution >= 4 is 0 Å². The Morgan fingerprint density at radius 1 is 1.31 bits per heavy atom. The highest BCUT2D eigenvalue weighted by Crippen LogP contribution is 2.26. The van der Waals surface area contributed by atoms with E-state index in [0.29, 0.717) is 0 Å². The smallest absolute Gasteiger partial charge is 0.107 e. The standard InChI is InChI=1S/C11H18N2/c1-2-9-13-11(10-12)7-5-3-4-6-8-11/h2,13H,1,3-9H2. The van der Waals surface area contributed by atoms with Crippen molar-refractivity contribution in [1.82, 2.24) is 5.32 Å². The number of nitriles is 1. The van der Waals surface area contributed by atoms with Crippen molar-refractivity contribution in [3.63, 3.8) is 0 Å². The van der Waals surface area contributed by atoms with Gasteiger partial charge < -0.3 is 0 Å². The van der Waals surface area contributed by atoms with Gasteiger partial charge in [-0.15, -0.1) is 6.58 Å². The Bertz CT molecular complexity index is 195. The van der Waals surface area contributed by atoms with Crippen molar-refractivity contribution in [3.05, 3.63) is 12.7 Å². The van der Waals surface area contributed by atoms with Crippen molar-refractivity contribution < 1.29 is 0 Å². The Morgan fingerprint density at radius 3 is 2.38 bits per heavy atom. The van der Waals surface area contributed by atoms with Crippen molar-refractivity contribution in [2.45, 2.75) is 44.1 Å². The molecule has 0 atom stereocenters. The maximum atomic E-state index is 9.15. The molecule has 1 aliphatic carbocycles. The molecule has 0 aliphatic heterocycles. The van der Waals surface area contributed by atoms with Crippen LogP contribution in [0, 0.1) is 11.3 Å². The Morgan fingerprint density at radius 2 is 1.92 bits per heavy atom. The first-order valence-corrected chi connectivity index (χ1v) is 5.10. The molecule has 0 radical (unpaired) electrons. The molecule has 0 unspecified atom stereocenters. The maximum Gasteiger partial charge on any atom is 0.107 e. The van der Waals surface area contributed by atoms with Gasteiger partial charge in [0.25, 0.3) is 0 Å². The zero-order valence-corrected chi connectivity index (χ0v) is 8.18. The van der Waals surface area contributed by atoms with Gasteiger partial charge in [0.15, 0.2) is 0 Å². The zero-order valence-electron chi connectivity index (χ0n) is 8.18. The molecule has 2 nitrogen and oxygen atoms in total. The monoisotopic (exact) mass is 178 g/mol. The highest BCUT2D eigenvalue weighted by atomic mass is 15.0. The van der Waals surface area contributed by atoms with Crippen molar-refractivity contribution in [2.24, 2.45) is 0 Å². The highest BCUT2D eigenvalue weighted by Gasteiger charge is 2.29. The van der Waals surface area contributed by atoms with Crippen molar-refractivity contribution in [2.75, 3.05) is 6.54 Å². The normalized spacial score (nSPS) is 21.5. The van der Waals surface area contributed by atoms with Crippen LogP contribution in [0.15, 0.2) is 12.7 Å². The van der Waals surface area contributed by atoms with Gasteiger partial charge in [-0.2, -0.15) is 5.26 Å². The summed E-state index contributed by atoms with van der Waals surface area (Å²) in [7, 11) is 0.